The Labute approximate surface area is 140 Å². The van der Waals surface area contributed by atoms with Gasteiger partial charge in [-0.1, -0.05) is 36.4 Å². The van der Waals surface area contributed by atoms with E-state index >= 15 is 0 Å². The molecule has 0 fully saturated rings. The van der Waals surface area contributed by atoms with E-state index < -0.39 is 33.7 Å². The third-order valence-electron chi connectivity index (χ3n) is 3.37. The van der Waals surface area contributed by atoms with Crippen LogP contribution in [0.3, 0.4) is 0 Å². The lowest BCUT2D eigenvalue weighted by Gasteiger charge is -2.13. The highest BCUT2D eigenvalue weighted by Crippen LogP contribution is 2.29. The van der Waals surface area contributed by atoms with Gasteiger partial charge in [0.05, 0.1) is 5.56 Å². The van der Waals surface area contributed by atoms with Crippen LogP contribution in [-0.2, 0) is 27.5 Å². The van der Waals surface area contributed by atoms with Gasteiger partial charge in [0.2, 0.25) is 5.91 Å². The molecule has 1 amide bonds. The second-order valence-corrected chi connectivity index (χ2v) is 6.98. The Morgan fingerprint density at radius 2 is 1.79 bits per heavy atom. The molecular weight excluding hydrogens is 339 g/mol. The number of carbonyl (C=O) groups is 1. The Balaban J connectivity index is 2.02. The summed E-state index contributed by atoms with van der Waals surface area (Å²) in [5.41, 5.74) is 0.0614. The van der Waals surface area contributed by atoms with E-state index in [0.717, 1.165) is 12.1 Å². The van der Waals surface area contributed by atoms with Gasteiger partial charge in [0.1, 0.15) is 5.25 Å². The lowest BCUT2D eigenvalue weighted by Crippen LogP contribution is -2.29. The molecular formula is C17H16F3NO2S. The quantitative estimate of drug-likeness (QED) is 0.882. The number of halogens is 3. The summed E-state index contributed by atoms with van der Waals surface area (Å²) in [6.07, 6.45) is -4.45. The van der Waals surface area contributed by atoms with Crippen LogP contribution in [0, 0.1) is 0 Å². The first-order chi connectivity index (χ1) is 11.3. The third kappa shape index (κ3) is 4.92. The average molecular weight is 355 g/mol. The second kappa shape index (κ2) is 7.61. The van der Waals surface area contributed by atoms with Gasteiger partial charge >= 0.3 is 6.18 Å². The molecule has 3 nitrogen and oxygen atoms in total. The molecule has 0 bridgehead atoms. The number of anilines is 1. The molecule has 0 aromatic heterocycles. The molecule has 24 heavy (non-hydrogen) atoms. The summed E-state index contributed by atoms with van der Waals surface area (Å²) in [6, 6.07) is 13.3. The molecule has 0 heterocycles. The van der Waals surface area contributed by atoms with E-state index in [-0.39, 0.29) is 11.3 Å². The van der Waals surface area contributed by atoms with Crippen LogP contribution < -0.4 is 5.32 Å². The molecule has 2 aromatic rings. The zero-order valence-corrected chi connectivity index (χ0v) is 13.7. The first-order valence-electron chi connectivity index (χ1n) is 7.16. The largest absolute Gasteiger partial charge is 0.416 e. The van der Waals surface area contributed by atoms with E-state index in [4.69, 9.17) is 0 Å². The van der Waals surface area contributed by atoms with Gasteiger partial charge in [-0.3, -0.25) is 9.00 Å². The summed E-state index contributed by atoms with van der Waals surface area (Å²) in [5.74, 6) is -0.556. The topological polar surface area (TPSA) is 46.2 Å². The molecule has 0 aliphatic rings. The van der Waals surface area contributed by atoms with Crippen molar-refractivity contribution in [2.75, 3.05) is 5.32 Å². The molecule has 0 aliphatic carbocycles. The molecule has 7 heteroatoms. The standard InChI is InChI=1S/C17H16F3NO2S/c1-12(16(22)21-15-8-3-2-4-9-15)24(23)11-13-6-5-7-14(10-13)17(18,19)20/h2-10,12H,11H2,1H3,(H,21,22)/t12-,24+/m1/s1. The number of benzene rings is 2. The van der Waals surface area contributed by atoms with Gasteiger partial charge in [0.25, 0.3) is 0 Å². The Kier molecular flexibility index (Phi) is 5.77. The normalized spacial score (nSPS) is 14.0. The maximum absolute atomic E-state index is 12.7. The minimum atomic E-state index is -4.45. The lowest BCUT2D eigenvalue weighted by molar-refractivity contribution is -0.137. The fourth-order valence-corrected chi connectivity index (χ4v) is 3.07. The van der Waals surface area contributed by atoms with Crippen LogP contribution in [0.1, 0.15) is 18.1 Å². The number of hydrogen-bond donors (Lipinski definition) is 1. The van der Waals surface area contributed by atoms with E-state index in [9.17, 15) is 22.2 Å². The third-order valence-corrected chi connectivity index (χ3v) is 4.99. The maximum atomic E-state index is 12.7. The molecule has 128 valence electrons. The van der Waals surface area contributed by atoms with E-state index in [0.29, 0.717) is 5.69 Å². The lowest BCUT2D eigenvalue weighted by atomic mass is 10.1. The fraction of sp³-hybridized carbons (Fsp3) is 0.235. The molecule has 0 saturated heterocycles. The van der Waals surface area contributed by atoms with Crippen molar-refractivity contribution in [1.29, 1.82) is 0 Å². The Morgan fingerprint density at radius 3 is 2.42 bits per heavy atom. The average Bonchev–Trinajstić information content (AvgIpc) is 2.54. The number of para-hydroxylation sites is 1. The van der Waals surface area contributed by atoms with E-state index in [1.54, 1.807) is 30.3 Å². The first-order valence-corrected chi connectivity index (χ1v) is 8.55. The molecule has 0 saturated carbocycles. The highest BCUT2D eigenvalue weighted by atomic mass is 32.2. The molecule has 2 rings (SSSR count). The molecule has 2 atom stereocenters. The van der Waals surface area contributed by atoms with Gasteiger partial charge in [0, 0.05) is 22.2 Å². The van der Waals surface area contributed by atoms with Crippen LogP contribution >= 0.6 is 0 Å². The van der Waals surface area contributed by atoms with Crippen LogP contribution in [0.5, 0.6) is 0 Å². The summed E-state index contributed by atoms with van der Waals surface area (Å²) in [6.45, 7) is 1.49. The highest BCUT2D eigenvalue weighted by Gasteiger charge is 2.30. The van der Waals surface area contributed by atoms with Gasteiger partial charge in [0.15, 0.2) is 0 Å². The zero-order chi connectivity index (χ0) is 17.7. The molecule has 0 radical (unpaired) electrons. The predicted molar refractivity (Wildman–Crippen MR) is 87.8 cm³/mol. The summed E-state index contributed by atoms with van der Waals surface area (Å²) in [5, 5.41) is 1.78. The van der Waals surface area contributed by atoms with Crippen molar-refractivity contribution in [3.8, 4) is 0 Å². The summed E-state index contributed by atoms with van der Waals surface area (Å²) < 4.78 is 50.4. The van der Waals surface area contributed by atoms with Crippen LogP contribution in [-0.4, -0.2) is 15.4 Å². The van der Waals surface area contributed by atoms with Crippen molar-refractivity contribution < 1.29 is 22.2 Å². The van der Waals surface area contributed by atoms with Crippen LogP contribution in [0.25, 0.3) is 0 Å². The van der Waals surface area contributed by atoms with E-state index in [2.05, 4.69) is 5.32 Å². The van der Waals surface area contributed by atoms with Gasteiger partial charge in [-0.25, -0.2) is 0 Å². The fourth-order valence-electron chi connectivity index (χ4n) is 2.01. The van der Waals surface area contributed by atoms with Crippen molar-refractivity contribution in [3.63, 3.8) is 0 Å². The smallest absolute Gasteiger partial charge is 0.325 e. The highest BCUT2D eigenvalue weighted by molar-refractivity contribution is 7.85. The van der Waals surface area contributed by atoms with Gasteiger partial charge in [-0.05, 0) is 30.7 Å². The minimum absolute atomic E-state index is 0.118. The predicted octanol–water partition coefficient (Wildman–Crippen LogP) is 3.98. The van der Waals surface area contributed by atoms with Crippen LogP contribution in [0.15, 0.2) is 54.6 Å². The molecule has 1 N–H and O–H groups in total. The monoisotopic (exact) mass is 355 g/mol. The van der Waals surface area contributed by atoms with E-state index in [1.165, 1.54) is 19.1 Å². The Morgan fingerprint density at radius 1 is 1.12 bits per heavy atom. The summed E-state index contributed by atoms with van der Waals surface area (Å²) >= 11 is 0. The van der Waals surface area contributed by atoms with Gasteiger partial charge < -0.3 is 5.32 Å². The summed E-state index contributed by atoms with van der Waals surface area (Å²) in [7, 11) is -1.63. The first kappa shape index (κ1) is 18.2. The Hall–Kier alpha value is -2.15. The van der Waals surface area contributed by atoms with Crippen molar-refractivity contribution in [3.05, 3.63) is 65.7 Å². The van der Waals surface area contributed by atoms with Crippen molar-refractivity contribution in [2.24, 2.45) is 0 Å². The zero-order valence-electron chi connectivity index (χ0n) is 12.8. The van der Waals surface area contributed by atoms with Crippen LogP contribution in [0.2, 0.25) is 0 Å². The summed E-state index contributed by atoms with van der Waals surface area (Å²) in [4.78, 5) is 12.1. The van der Waals surface area contributed by atoms with Gasteiger partial charge in [-0.2, -0.15) is 13.2 Å². The van der Waals surface area contributed by atoms with Crippen molar-refractivity contribution in [1.82, 2.24) is 0 Å². The van der Waals surface area contributed by atoms with Crippen molar-refractivity contribution in [2.45, 2.75) is 24.1 Å². The number of amides is 1. The Bertz CT molecular complexity index is 732. The molecule has 0 aliphatic heterocycles. The van der Waals surface area contributed by atoms with Crippen LogP contribution in [0.4, 0.5) is 18.9 Å². The minimum Gasteiger partial charge on any atom is -0.325 e. The molecule has 2 aromatic carbocycles. The SMILES string of the molecule is C[C@H](C(=O)Nc1ccccc1)[S@@](=O)Cc1cccc(C(F)(F)F)c1. The van der Waals surface area contributed by atoms with Gasteiger partial charge in [-0.15, -0.1) is 0 Å². The number of alkyl halides is 3. The second-order valence-electron chi connectivity index (χ2n) is 5.22. The molecule has 0 spiro atoms. The number of rotatable bonds is 5. The van der Waals surface area contributed by atoms with Crippen molar-refractivity contribution >= 4 is 22.4 Å². The maximum Gasteiger partial charge on any atom is 0.416 e. The molecule has 0 unspecified atom stereocenters. The number of carbonyl (C=O) groups excluding carboxylic acids is 1. The number of hydrogen-bond acceptors (Lipinski definition) is 2. The van der Waals surface area contributed by atoms with E-state index in [1.807, 2.05) is 0 Å². The number of nitrogens with one attached hydrogen (secondary N) is 1.